The summed E-state index contributed by atoms with van der Waals surface area (Å²) in [5.41, 5.74) is -0.899. The smallest absolute Gasteiger partial charge is 0.392 e. The van der Waals surface area contributed by atoms with E-state index in [9.17, 15) is 23.1 Å². The standard InChI is InChI=1S/C11H14F3N3O2S/c12-11(13,14)8-5-20-9(17-8)1-2-15-10(19)7-3-6(18)4-16-7/h5-7,16,18H,1-4H2,(H,15,19). The third-order valence-corrected chi connectivity index (χ3v) is 3.81. The summed E-state index contributed by atoms with van der Waals surface area (Å²) in [6.07, 6.45) is -4.36. The molecule has 1 aromatic rings. The molecule has 2 rings (SSSR count). The van der Waals surface area contributed by atoms with Crippen LogP contribution in [-0.4, -0.2) is 41.2 Å². The number of carbonyl (C=O) groups excluding carboxylic acids is 1. The summed E-state index contributed by atoms with van der Waals surface area (Å²) in [7, 11) is 0. The Morgan fingerprint density at radius 3 is 2.90 bits per heavy atom. The van der Waals surface area contributed by atoms with Gasteiger partial charge in [0, 0.05) is 24.9 Å². The van der Waals surface area contributed by atoms with Crippen LogP contribution in [-0.2, 0) is 17.4 Å². The maximum atomic E-state index is 12.3. The van der Waals surface area contributed by atoms with Crippen LogP contribution in [0, 0.1) is 0 Å². The predicted molar refractivity (Wildman–Crippen MR) is 66.2 cm³/mol. The van der Waals surface area contributed by atoms with Gasteiger partial charge in [0.2, 0.25) is 5.91 Å². The molecule has 5 nitrogen and oxygen atoms in total. The van der Waals surface area contributed by atoms with Gasteiger partial charge >= 0.3 is 6.18 Å². The number of halogens is 3. The molecular formula is C11H14F3N3O2S. The summed E-state index contributed by atoms with van der Waals surface area (Å²) in [6.45, 7) is 0.595. The number of aliphatic hydroxyl groups is 1. The Morgan fingerprint density at radius 1 is 1.60 bits per heavy atom. The highest BCUT2D eigenvalue weighted by Crippen LogP contribution is 2.29. The first-order chi connectivity index (χ1) is 9.36. The lowest BCUT2D eigenvalue weighted by atomic mass is 10.2. The highest BCUT2D eigenvalue weighted by molar-refractivity contribution is 7.09. The molecule has 2 unspecified atom stereocenters. The Labute approximate surface area is 117 Å². The summed E-state index contributed by atoms with van der Waals surface area (Å²) in [5.74, 6) is -0.255. The zero-order valence-corrected chi connectivity index (χ0v) is 11.2. The second-order valence-corrected chi connectivity index (χ2v) is 5.46. The first-order valence-corrected chi connectivity index (χ1v) is 6.95. The van der Waals surface area contributed by atoms with Crippen LogP contribution in [0.15, 0.2) is 5.38 Å². The number of hydrogen-bond acceptors (Lipinski definition) is 5. The summed E-state index contributed by atoms with van der Waals surface area (Å²) in [5, 5.41) is 16.0. The van der Waals surface area contributed by atoms with Crippen LogP contribution < -0.4 is 10.6 Å². The SMILES string of the molecule is O=C(NCCc1nc(C(F)(F)F)cs1)C1CC(O)CN1. The predicted octanol–water partition coefficient (Wildman–Crippen LogP) is 0.543. The van der Waals surface area contributed by atoms with Crippen molar-refractivity contribution < 1.29 is 23.1 Å². The monoisotopic (exact) mass is 309 g/mol. The topological polar surface area (TPSA) is 74.2 Å². The fourth-order valence-corrected chi connectivity index (χ4v) is 2.69. The van der Waals surface area contributed by atoms with Crippen LogP contribution in [0.4, 0.5) is 13.2 Å². The Bertz CT molecular complexity index is 478. The highest BCUT2D eigenvalue weighted by Gasteiger charge is 2.33. The minimum atomic E-state index is -4.43. The van der Waals surface area contributed by atoms with Crippen molar-refractivity contribution in [1.29, 1.82) is 0 Å². The van der Waals surface area contributed by atoms with Crippen LogP contribution >= 0.6 is 11.3 Å². The summed E-state index contributed by atoms with van der Waals surface area (Å²) in [4.78, 5) is 15.1. The van der Waals surface area contributed by atoms with Gasteiger partial charge in [0.15, 0.2) is 5.69 Å². The van der Waals surface area contributed by atoms with E-state index < -0.39 is 24.0 Å². The maximum Gasteiger partial charge on any atom is 0.434 e. The fourth-order valence-electron chi connectivity index (χ4n) is 1.89. The molecule has 0 aromatic carbocycles. The van der Waals surface area contributed by atoms with Crippen molar-refractivity contribution in [1.82, 2.24) is 15.6 Å². The number of nitrogens with one attached hydrogen (secondary N) is 2. The van der Waals surface area contributed by atoms with E-state index in [1.54, 1.807) is 0 Å². The molecule has 1 fully saturated rings. The number of aromatic nitrogens is 1. The Morgan fingerprint density at radius 2 is 2.35 bits per heavy atom. The number of rotatable bonds is 4. The van der Waals surface area contributed by atoms with Crippen molar-refractivity contribution in [3.05, 3.63) is 16.1 Å². The highest BCUT2D eigenvalue weighted by atomic mass is 32.1. The lowest BCUT2D eigenvalue weighted by molar-refractivity contribution is -0.140. The molecule has 0 aliphatic carbocycles. The van der Waals surface area contributed by atoms with Gasteiger partial charge in [-0.25, -0.2) is 4.98 Å². The van der Waals surface area contributed by atoms with E-state index in [0.717, 1.165) is 16.7 Å². The van der Waals surface area contributed by atoms with Crippen LogP contribution in [0.1, 0.15) is 17.1 Å². The van der Waals surface area contributed by atoms with Gasteiger partial charge < -0.3 is 15.7 Å². The number of nitrogens with zero attached hydrogens (tertiary/aromatic N) is 1. The third-order valence-electron chi connectivity index (χ3n) is 2.90. The molecule has 112 valence electrons. The van der Waals surface area contributed by atoms with Crippen molar-refractivity contribution in [2.24, 2.45) is 0 Å². The normalized spacial score (nSPS) is 23.0. The molecule has 1 aromatic heterocycles. The van der Waals surface area contributed by atoms with E-state index in [-0.39, 0.29) is 18.9 Å². The average molecular weight is 309 g/mol. The summed E-state index contributed by atoms with van der Waals surface area (Å²) in [6, 6.07) is -0.438. The van der Waals surface area contributed by atoms with Crippen molar-refractivity contribution in [3.8, 4) is 0 Å². The second-order valence-electron chi connectivity index (χ2n) is 4.52. The molecule has 1 amide bonds. The molecule has 1 saturated heterocycles. The number of amides is 1. The van der Waals surface area contributed by atoms with E-state index >= 15 is 0 Å². The van der Waals surface area contributed by atoms with Gasteiger partial charge in [0.05, 0.1) is 17.2 Å². The van der Waals surface area contributed by atoms with E-state index in [1.807, 2.05) is 0 Å². The molecule has 0 saturated carbocycles. The zero-order valence-electron chi connectivity index (χ0n) is 10.4. The largest absolute Gasteiger partial charge is 0.434 e. The van der Waals surface area contributed by atoms with Gasteiger partial charge in [0.25, 0.3) is 0 Å². The Balaban J connectivity index is 1.76. The molecule has 2 heterocycles. The lowest BCUT2D eigenvalue weighted by Crippen LogP contribution is -2.41. The quantitative estimate of drug-likeness (QED) is 0.759. The van der Waals surface area contributed by atoms with E-state index in [0.29, 0.717) is 18.0 Å². The van der Waals surface area contributed by atoms with Crippen molar-refractivity contribution in [2.75, 3.05) is 13.1 Å². The Hall–Kier alpha value is -1.19. The third kappa shape index (κ3) is 3.90. The number of aliphatic hydroxyl groups excluding tert-OH is 1. The van der Waals surface area contributed by atoms with Crippen LogP contribution in [0.2, 0.25) is 0 Å². The van der Waals surface area contributed by atoms with E-state index in [1.165, 1.54) is 0 Å². The van der Waals surface area contributed by atoms with Gasteiger partial charge in [-0.3, -0.25) is 4.79 Å². The minimum Gasteiger partial charge on any atom is -0.392 e. The van der Waals surface area contributed by atoms with Crippen LogP contribution in [0.3, 0.4) is 0 Å². The summed E-state index contributed by atoms with van der Waals surface area (Å²) >= 11 is 0.923. The maximum absolute atomic E-state index is 12.3. The van der Waals surface area contributed by atoms with Gasteiger partial charge in [-0.2, -0.15) is 13.2 Å². The van der Waals surface area contributed by atoms with Crippen molar-refractivity contribution >= 4 is 17.2 Å². The molecule has 2 atom stereocenters. The number of alkyl halides is 3. The second kappa shape index (κ2) is 6.06. The molecule has 0 spiro atoms. The number of thiazole rings is 1. The first-order valence-electron chi connectivity index (χ1n) is 6.07. The minimum absolute atomic E-state index is 0.220. The van der Waals surface area contributed by atoms with Crippen molar-refractivity contribution in [3.63, 3.8) is 0 Å². The molecule has 0 radical (unpaired) electrons. The first kappa shape index (κ1) is 15.2. The summed E-state index contributed by atoms with van der Waals surface area (Å²) < 4.78 is 37.0. The average Bonchev–Trinajstić information content (AvgIpc) is 2.97. The number of carbonyl (C=O) groups is 1. The fraction of sp³-hybridized carbons (Fsp3) is 0.636. The van der Waals surface area contributed by atoms with Gasteiger partial charge in [-0.15, -0.1) is 11.3 Å². The van der Waals surface area contributed by atoms with Gasteiger partial charge in [-0.05, 0) is 6.42 Å². The molecule has 9 heteroatoms. The molecular weight excluding hydrogens is 295 g/mol. The van der Waals surface area contributed by atoms with E-state index in [2.05, 4.69) is 15.6 Å². The van der Waals surface area contributed by atoms with Crippen LogP contribution in [0.5, 0.6) is 0 Å². The number of hydrogen-bond donors (Lipinski definition) is 3. The zero-order chi connectivity index (χ0) is 14.8. The molecule has 1 aliphatic heterocycles. The lowest BCUT2D eigenvalue weighted by Gasteiger charge is -2.10. The van der Waals surface area contributed by atoms with Gasteiger partial charge in [0.1, 0.15) is 0 Å². The van der Waals surface area contributed by atoms with Crippen molar-refractivity contribution in [2.45, 2.75) is 31.2 Å². The Kier molecular flexibility index (Phi) is 4.61. The molecule has 20 heavy (non-hydrogen) atoms. The molecule has 0 bridgehead atoms. The molecule has 1 aliphatic rings. The van der Waals surface area contributed by atoms with Crippen LogP contribution in [0.25, 0.3) is 0 Å². The van der Waals surface area contributed by atoms with E-state index in [4.69, 9.17) is 0 Å². The number of β-amino-alcohol motifs (C(OH)–C–C–N with tert-alkyl or cyclic N) is 1. The van der Waals surface area contributed by atoms with Gasteiger partial charge in [-0.1, -0.05) is 0 Å². The molecule has 3 N–H and O–H groups in total.